The molecule has 0 radical (unpaired) electrons. The fourth-order valence-corrected chi connectivity index (χ4v) is 1.39. The summed E-state index contributed by atoms with van der Waals surface area (Å²) in [5, 5.41) is 35.6. The summed E-state index contributed by atoms with van der Waals surface area (Å²) in [6.07, 6.45) is -0.748. The zero-order valence-electron chi connectivity index (χ0n) is 10.0. The smallest absolute Gasteiger partial charge is 0.390 e. The van der Waals surface area contributed by atoms with Crippen molar-refractivity contribution < 1.29 is 19.6 Å². The van der Waals surface area contributed by atoms with Crippen molar-refractivity contribution in [2.45, 2.75) is 25.6 Å². The van der Waals surface area contributed by atoms with Gasteiger partial charge in [0, 0.05) is 11.5 Å². The van der Waals surface area contributed by atoms with Gasteiger partial charge in [0.15, 0.2) is 0 Å². The van der Waals surface area contributed by atoms with Gasteiger partial charge in [0.2, 0.25) is 6.33 Å². The van der Waals surface area contributed by atoms with Crippen LogP contribution >= 0.6 is 0 Å². The summed E-state index contributed by atoms with van der Waals surface area (Å²) >= 11 is 0. The van der Waals surface area contributed by atoms with Crippen LogP contribution in [0.2, 0.25) is 0 Å². The first-order valence-electron chi connectivity index (χ1n) is 5.06. The normalized spacial score (nSPS) is 11.1. The predicted octanol–water partition coefficient (Wildman–Crippen LogP) is -0.281. The van der Waals surface area contributed by atoms with Crippen LogP contribution in [0.25, 0.3) is 0 Å². The molecule has 0 aliphatic rings. The van der Waals surface area contributed by atoms with Crippen LogP contribution in [0.5, 0.6) is 0 Å². The van der Waals surface area contributed by atoms with Crippen molar-refractivity contribution in [2.24, 2.45) is 0 Å². The van der Waals surface area contributed by atoms with E-state index in [4.69, 9.17) is 0 Å². The first-order chi connectivity index (χ1) is 9.21. The maximum absolute atomic E-state index is 11.0. The van der Waals surface area contributed by atoms with Crippen molar-refractivity contribution in [1.82, 2.24) is 14.8 Å². The molecule has 1 rings (SSSR count). The van der Waals surface area contributed by atoms with Gasteiger partial charge in [-0.2, -0.15) is 0 Å². The molecule has 13 heteroatoms. The molecule has 0 unspecified atom stereocenters. The molecule has 108 valence electrons. The molecule has 0 saturated heterocycles. The van der Waals surface area contributed by atoms with E-state index in [-0.39, 0.29) is 4.68 Å². The summed E-state index contributed by atoms with van der Waals surface area (Å²) in [5.41, 5.74) is 0. The second-order valence-corrected chi connectivity index (χ2v) is 3.74. The summed E-state index contributed by atoms with van der Waals surface area (Å²) in [6, 6.07) is 0. The highest BCUT2D eigenvalue weighted by Gasteiger charge is 2.61. The summed E-state index contributed by atoms with van der Waals surface area (Å²) in [4.78, 5) is 42.9. The van der Waals surface area contributed by atoms with E-state index in [0.29, 0.717) is 6.33 Å². The van der Waals surface area contributed by atoms with E-state index >= 15 is 0 Å². The maximum atomic E-state index is 11.0. The van der Waals surface area contributed by atoms with Crippen LogP contribution < -0.4 is 0 Å². The molecule has 1 aromatic rings. The highest BCUT2D eigenvalue weighted by atomic mass is 16.7. The van der Waals surface area contributed by atoms with Crippen LogP contribution in [-0.4, -0.2) is 35.3 Å². The van der Waals surface area contributed by atoms with E-state index in [2.05, 4.69) is 10.1 Å². The number of hydrogen-bond donors (Lipinski definition) is 0. The van der Waals surface area contributed by atoms with Gasteiger partial charge in [-0.1, -0.05) is 4.98 Å². The van der Waals surface area contributed by atoms with Gasteiger partial charge in [-0.25, -0.2) is 0 Å². The van der Waals surface area contributed by atoms with Crippen LogP contribution in [0.4, 0.5) is 5.95 Å². The Balaban J connectivity index is 3.33. The molecular formula is C7H8N6O7. The number of carbonyl (C=O) groups excluding carboxylic acids is 1. The van der Waals surface area contributed by atoms with Crippen LogP contribution in [0.15, 0.2) is 6.33 Å². The molecule has 0 aromatic carbocycles. The fraction of sp³-hybridized carbons (Fsp3) is 0.571. The molecule has 13 nitrogen and oxygen atoms in total. The third-order valence-corrected chi connectivity index (χ3v) is 2.41. The Bertz CT molecular complexity index is 566. The predicted molar refractivity (Wildman–Crippen MR) is 58.6 cm³/mol. The van der Waals surface area contributed by atoms with Crippen molar-refractivity contribution in [3.8, 4) is 0 Å². The van der Waals surface area contributed by atoms with Crippen molar-refractivity contribution in [1.29, 1.82) is 0 Å². The van der Waals surface area contributed by atoms with Crippen LogP contribution in [-0.2, 0) is 10.6 Å². The maximum Gasteiger partial charge on any atom is 0.575 e. The standard InChI is InChI=1S/C7H8N6O7/c1-5(14)2-3-7(12(17)18,13(19)20)10-4-8-6(9-10)11(15)16/h4H,2-3H2,1H3. The highest BCUT2D eigenvalue weighted by Crippen LogP contribution is 2.24. The minimum Gasteiger partial charge on any atom is -0.390 e. The van der Waals surface area contributed by atoms with Crippen molar-refractivity contribution >= 4 is 11.7 Å². The van der Waals surface area contributed by atoms with Gasteiger partial charge in [0.25, 0.3) is 0 Å². The van der Waals surface area contributed by atoms with Gasteiger partial charge in [-0.15, -0.1) is 0 Å². The topological polar surface area (TPSA) is 177 Å². The largest absolute Gasteiger partial charge is 0.575 e. The molecule has 1 heterocycles. The molecule has 1 aromatic heterocycles. The summed E-state index contributed by atoms with van der Waals surface area (Å²) < 4.78 is 0.175. The highest BCUT2D eigenvalue weighted by molar-refractivity contribution is 5.75. The van der Waals surface area contributed by atoms with E-state index in [1.165, 1.54) is 0 Å². The van der Waals surface area contributed by atoms with Crippen LogP contribution in [0.1, 0.15) is 19.8 Å². The second kappa shape index (κ2) is 5.33. The summed E-state index contributed by atoms with van der Waals surface area (Å²) in [7, 11) is 0. The molecule has 0 fully saturated rings. The number of nitrogens with zero attached hydrogens (tertiary/aromatic N) is 6. The molecule has 0 spiro atoms. The molecule has 0 bridgehead atoms. The first-order valence-corrected chi connectivity index (χ1v) is 5.06. The summed E-state index contributed by atoms with van der Waals surface area (Å²) in [6.45, 7) is 1.11. The number of Topliss-reactive ketones (excluding diaryl/α,β-unsaturated/α-hetero) is 1. The molecule has 0 amide bonds. The Morgan fingerprint density at radius 3 is 2.20 bits per heavy atom. The number of rotatable bonds is 7. The SMILES string of the molecule is CC(=O)CCC(n1cnc([N+](=O)[O-])n1)([N+](=O)[O-])[N+](=O)[O-]. The Morgan fingerprint density at radius 2 is 1.85 bits per heavy atom. The molecule has 0 atom stereocenters. The monoisotopic (exact) mass is 288 g/mol. The third kappa shape index (κ3) is 2.55. The second-order valence-electron chi connectivity index (χ2n) is 3.74. The molecule has 20 heavy (non-hydrogen) atoms. The Labute approximate surface area is 109 Å². The molecule has 0 aliphatic heterocycles. The lowest BCUT2D eigenvalue weighted by atomic mass is 10.1. The summed E-state index contributed by atoms with van der Waals surface area (Å²) in [5.74, 6) is -4.53. The average Bonchev–Trinajstić information content (AvgIpc) is 2.78. The van der Waals surface area contributed by atoms with Gasteiger partial charge >= 0.3 is 11.7 Å². The lowest BCUT2D eigenvalue weighted by Gasteiger charge is -2.13. The van der Waals surface area contributed by atoms with Gasteiger partial charge in [-0.3, -0.25) is 20.2 Å². The zero-order chi connectivity index (χ0) is 15.5. The minimum absolute atomic E-state index is 0.175. The van der Waals surface area contributed by atoms with Gasteiger partial charge < -0.3 is 14.9 Å². The van der Waals surface area contributed by atoms with E-state index in [1.54, 1.807) is 0 Å². The van der Waals surface area contributed by atoms with Crippen molar-refractivity contribution in [3.05, 3.63) is 36.7 Å². The lowest BCUT2D eigenvalue weighted by molar-refractivity contribution is -0.835. The van der Waals surface area contributed by atoms with Crippen LogP contribution in [0, 0.1) is 30.3 Å². The third-order valence-electron chi connectivity index (χ3n) is 2.41. The number of aromatic nitrogens is 3. The van der Waals surface area contributed by atoms with Gasteiger partial charge in [-0.05, 0) is 16.5 Å². The lowest BCUT2D eigenvalue weighted by Crippen LogP contribution is -2.49. The quantitative estimate of drug-likeness (QED) is 0.370. The number of ketones is 1. The number of nitro groups is 3. The van der Waals surface area contributed by atoms with E-state index < -0.39 is 45.1 Å². The molecular weight excluding hydrogens is 280 g/mol. The molecule has 0 aliphatic carbocycles. The first kappa shape index (κ1) is 15.1. The Hall–Kier alpha value is -2.99. The van der Waals surface area contributed by atoms with Gasteiger partial charge in [0.1, 0.15) is 22.1 Å². The minimum atomic E-state index is -3.01. The Kier molecular flexibility index (Phi) is 4.02. The van der Waals surface area contributed by atoms with Crippen molar-refractivity contribution in [3.63, 3.8) is 0 Å². The average molecular weight is 288 g/mol. The Morgan fingerprint density at radius 1 is 1.30 bits per heavy atom. The molecule has 0 saturated carbocycles. The molecule has 0 N–H and O–H groups in total. The van der Waals surface area contributed by atoms with E-state index in [0.717, 1.165) is 6.92 Å². The van der Waals surface area contributed by atoms with E-state index in [1.807, 2.05) is 0 Å². The van der Waals surface area contributed by atoms with Gasteiger partial charge in [0.05, 0.1) is 0 Å². The van der Waals surface area contributed by atoms with E-state index in [9.17, 15) is 35.1 Å². The van der Waals surface area contributed by atoms with Crippen LogP contribution in [0.3, 0.4) is 0 Å². The zero-order valence-corrected chi connectivity index (χ0v) is 10.0. The number of carbonyl (C=O) groups is 1. The number of hydrogen-bond acceptors (Lipinski definition) is 9. The fourth-order valence-electron chi connectivity index (χ4n) is 1.39. The van der Waals surface area contributed by atoms with Crippen molar-refractivity contribution in [2.75, 3.05) is 0 Å².